The number of hydrogen-bond acceptors (Lipinski definition) is 1. The molecule has 0 saturated heterocycles. The van der Waals surface area contributed by atoms with Crippen molar-refractivity contribution < 1.29 is 13.5 Å². The summed E-state index contributed by atoms with van der Waals surface area (Å²) in [5, 5.41) is 0. The van der Waals surface area contributed by atoms with Crippen molar-refractivity contribution in [3.05, 3.63) is 28.8 Å². The predicted octanol–water partition coefficient (Wildman–Crippen LogP) is 3.25. The maximum atomic E-state index is 12.4. The Bertz CT molecular complexity index is 308. The van der Waals surface area contributed by atoms with Gasteiger partial charge in [0, 0.05) is 0 Å². The monoisotopic (exact) mass is 186 g/mol. The molecule has 1 aromatic rings. The third-order valence-electron chi connectivity index (χ3n) is 2.15. The van der Waals surface area contributed by atoms with Crippen LogP contribution in [0.25, 0.3) is 0 Å². The lowest BCUT2D eigenvalue weighted by Crippen LogP contribution is -1.96. The summed E-state index contributed by atoms with van der Waals surface area (Å²) in [6, 6.07) is 3.09. The number of aryl methyl sites for hydroxylation is 1. The molecular formula is C10H12F2O. The highest BCUT2D eigenvalue weighted by Crippen LogP contribution is 2.33. The Balaban J connectivity index is 3.30. The zero-order valence-corrected chi connectivity index (χ0v) is 7.90. The summed E-state index contributed by atoms with van der Waals surface area (Å²) in [6.07, 6.45) is -2.48. The summed E-state index contributed by atoms with van der Waals surface area (Å²) in [6.45, 7) is 3.65. The van der Waals surface area contributed by atoms with Gasteiger partial charge in [0.25, 0.3) is 6.43 Å². The van der Waals surface area contributed by atoms with Crippen molar-refractivity contribution in [3.63, 3.8) is 0 Å². The smallest absolute Gasteiger partial charge is 0.267 e. The van der Waals surface area contributed by atoms with Crippen molar-refractivity contribution in [1.29, 1.82) is 0 Å². The van der Waals surface area contributed by atoms with Crippen molar-refractivity contribution >= 4 is 0 Å². The largest absolute Gasteiger partial charge is 0.496 e. The Morgan fingerprint density at radius 3 is 2.31 bits per heavy atom. The summed E-state index contributed by atoms with van der Waals surface area (Å²) < 4.78 is 29.8. The fourth-order valence-electron chi connectivity index (χ4n) is 1.25. The van der Waals surface area contributed by atoms with E-state index in [4.69, 9.17) is 4.74 Å². The number of methoxy groups -OCH3 is 1. The highest BCUT2D eigenvalue weighted by atomic mass is 19.3. The second kappa shape index (κ2) is 3.73. The van der Waals surface area contributed by atoms with Crippen molar-refractivity contribution in [2.45, 2.75) is 20.3 Å². The molecule has 0 fully saturated rings. The first-order chi connectivity index (χ1) is 6.07. The second-order valence-corrected chi connectivity index (χ2v) is 2.93. The van der Waals surface area contributed by atoms with E-state index in [2.05, 4.69) is 0 Å². The number of alkyl halides is 2. The first-order valence-electron chi connectivity index (χ1n) is 4.00. The van der Waals surface area contributed by atoms with Crippen LogP contribution in [0.3, 0.4) is 0 Å². The molecule has 0 spiro atoms. The molecule has 1 rings (SSSR count). The van der Waals surface area contributed by atoms with Crippen LogP contribution >= 0.6 is 0 Å². The highest BCUT2D eigenvalue weighted by Gasteiger charge is 2.16. The van der Waals surface area contributed by atoms with Crippen LogP contribution in [0.1, 0.15) is 23.1 Å². The van der Waals surface area contributed by atoms with Crippen molar-refractivity contribution in [1.82, 2.24) is 0 Å². The van der Waals surface area contributed by atoms with E-state index < -0.39 is 6.43 Å². The lowest BCUT2D eigenvalue weighted by Gasteiger charge is -2.12. The van der Waals surface area contributed by atoms with Crippen LogP contribution in [-0.2, 0) is 0 Å². The topological polar surface area (TPSA) is 9.23 Å². The maximum absolute atomic E-state index is 12.4. The van der Waals surface area contributed by atoms with Gasteiger partial charge in [0.2, 0.25) is 0 Å². The Morgan fingerprint density at radius 1 is 1.23 bits per heavy atom. The molecular weight excluding hydrogens is 174 g/mol. The number of hydrogen-bond donors (Lipinski definition) is 0. The first kappa shape index (κ1) is 9.96. The zero-order chi connectivity index (χ0) is 10.0. The van der Waals surface area contributed by atoms with Crippen LogP contribution in [-0.4, -0.2) is 7.11 Å². The van der Waals surface area contributed by atoms with Gasteiger partial charge in [0.15, 0.2) is 0 Å². The van der Waals surface area contributed by atoms with E-state index in [-0.39, 0.29) is 5.56 Å². The SMILES string of the molecule is COc1c(C(F)F)ccc(C)c1C. The minimum Gasteiger partial charge on any atom is -0.496 e. The molecule has 0 aromatic heterocycles. The summed E-state index contributed by atoms with van der Waals surface area (Å²) in [4.78, 5) is 0. The standard InChI is InChI=1S/C10H12F2O/c1-6-4-5-8(10(11)12)9(13-3)7(6)2/h4-5,10H,1-3H3. The molecule has 0 heterocycles. The van der Waals surface area contributed by atoms with E-state index >= 15 is 0 Å². The van der Waals surface area contributed by atoms with Crippen LogP contribution in [0.2, 0.25) is 0 Å². The molecule has 0 N–H and O–H groups in total. The van der Waals surface area contributed by atoms with Gasteiger partial charge in [-0.1, -0.05) is 6.07 Å². The Morgan fingerprint density at radius 2 is 1.85 bits per heavy atom. The highest BCUT2D eigenvalue weighted by molar-refractivity contribution is 5.45. The molecule has 0 aliphatic carbocycles. The third kappa shape index (κ3) is 1.79. The second-order valence-electron chi connectivity index (χ2n) is 2.93. The van der Waals surface area contributed by atoms with Gasteiger partial charge < -0.3 is 4.74 Å². The van der Waals surface area contributed by atoms with Gasteiger partial charge in [-0.05, 0) is 31.0 Å². The minimum atomic E-state index is -2.48. The van der Waals surface area contributed by atoms with Gasteiger partial charge >= 0.3 is 0 Å². The van der Waals surface area contributed by atoms with Crippen LogP contribution in [0.5, 0.6) is 5.75 Å². The molecule has 72 valence electrons. The molecule has 0 aliphatic heterocycles. The van der Waals surface area contributed by atoms with Gasteiger partial charge in [-0.2, -0.15) is 0 Å². The summed E-state index contributed by atoms with van der Waals surface area (Å²) in [7, 11) is 1.41. The molecule has 1 nitrogen and oxygen atoms in total. The molecule has 0 unspecified atom stereocenters. The minimum absolute atomic E-state index is 0.0365. The van der Waals surface area contributed by atoms with Crippen LogP contribution < -0.4 is 4.74 Å². The normalized spacial score (nSPS) is 10.6. The molecule has 0 radical (unpaired) electrons. The van der Waals surface area contributed by atoms with E-state index in [0.717, 1.165) is 11.1 Å². The van der Waals surface area contributed by atoms with E-state index in [1.165, 1.54) is 13.2 Å². The number of halogens is 2. The number of rotatable bonds is 2. The lowest BCUT2D eigenvalue weighted by molar-refractivity contribution is 0.147. The summed E-state index contributed by atoms with van der Waals surface area (Å²) >= 11 is 0. The fourth-order valence-corrected chi connectivity index (χ4v) is 1.25. The van der Waals surface area contributed by atoms with E-state index in [1.54, 1.807) is 13.0 Å². The summed E-state index contributed by atoms with van der Waals surface area (Å²) in [5.74, 6) is 0.301. The average molecular weight is 186 g/mol. The maximum Gasteiger partial charge on any atom is 0.267 e. The number of benzene rings is 1. The molecule has 0 atom stereocenters. The molecule has 0 saturated carbocycles. The molecule has 0 bridgehead atoms. The Hall–Kier alpha value is -1.12. The van der Waals surface area contributed by atoms with Gasteiger partial charge in [0.05, 0.1) is 12.7 Å². The Labute approximate surface area is 76.3 Å². The van der Waals surface area contributed by atoms with E-state index in [1.807, 2.05) is 6.92 Å². The predicted molar refractivity (Wildman–Crippen MR) is 47.4 cm³/mol. The van der Waals surface area contributed by atoms with Crippen LogP contribution in [0.4, 0.5) is 8.78 Å². The van der Waals surface area contributed by atoms with Crippen molar-refractivity contribution in [2.75, 3.05) is 7.11 Å². The van der Waals surface area contributed by atoms with E-state index in [0.29, 0.717) is 5.75 Å². The Kier molecular flexibility index (Phi) is 2.86. The van der Waals surface area contributed by atoms with Gasteiger partial charge in [-0.25, -0.2) is 8.78 Å². The number of ether oxygens (including phenoxy) is 1. The fraction of sp³-hybridized carbons (Fsp3) is 0.400. The van der Waals surface area contributed by atoms with Gasteiger partial charge in [-0.15, -0.1) is 0 Å². The van der Waals surface area contributed by atoms with Gasteiger partial charge in [0.1, 0.15) is 5.75 Å². The molecule has 13 heavy (non-hydrogen) atoms. The molecule has 0 aliphatic rings. The zero-order valence-electron chi connectivity index (χ0n) is 7.90. The first-order valence-corrected chi connectivity index (χ1v) is 4.00. The van der Waals surface area contributed by atoms with Gasteiger partial charge in [-0.3, -0.25) is 0 Å². The average Bonchev–Trinajstić information content (AvgIpc) is 2.09. The lowest BCUT2D eigenvalue weighted by atomic mass is 10.0. The molecule has 0 amide bonds. The summed E-state index contributed by atoms with van der Waals surface area (Å²) in [5.41, 5.74) is 1.70. The van der Waals surface area contributed by atoms with Crippen molar-refractivity contribution in [3.8, 4) is 5.75 Å². The molecule has 3 heteroatoms. The van der Waals surface area contributed by atoms with E-state index in [9.17, 15) is 8.78 Å². The molecule has 1 aromatic carbocycles. The third-order valence-corrected chi connectivity index (χ3v) is 2.15. The van der Waals surface area contributed by atoms with Crippen molar-refractivity contribution in [2.24, 2.45) is 0 Å². The quantitative estimate of drug-likeness (QED) is 0.688. The van der Waals surface area contributed by atoms with Crippen LogP contribution in [0, 0.1) is 13.8 Å². The van der Waals surface area contributed by atoms with Crippen LogP contribution in [0.15, 0.2) is 12.1 Å².